The Morgan fingerprint density at radius 3 is 2.33 bits per heavy atom. The van der Waals surface area contributed by atoms with E-state index < -0.39 is 10.0 Å². The Hall–Kier alpha value is -0.920. The van der Waals surface area contributed by atoms with E-state index in [1.54, 1.807) is 4.90 Å². The first-order chi connectivity index (χ1) is 8.34. The van der Waals surface area contributed by atoms with E-state index in [0.717, 1.165) is 23.7 Å². The van der Waals surface area contributed by atoms with Crippen LogP contribution in [0.2, 0.25) is 0 Å². The van der Waals surface area contributed by atoms with Crippen molar-refractivity contribution < 1.29 is 13.2 Å². The molecule has 0 atom stereocenters. The topological polar surface area (TPSA) is 60.9 Å². The van der Waals surface area contributed by atoms with Crippen LogP contribution in [0.25, 0.3) is 0 Å². The first kappa shape index (κ1) is 15.1. The summed E-state index contributed by atoms with van der Waals surface area (Å²) in [6, 6.07) is 0. The molecule has 0 radical (unpaired) electrons. The summed E-state index contributed by atoms with van der Waals surface area (Å²) in [7, 11) is -1.37. The fourth-order valence-corrected chi connectivity index (χ4v) is 2.49. The average Bonchev–Trinajstić information content (AvgIpc) is 2.28. The average molecular weight is 275 g/mol. The summed E-state index contributed by atoms with van der Waals surface area (Å²) in [5, 5.41) is 0. The van der Waals surface area contributed by atoms with Gasteiger partial charge < -0.3 is 9.80 Å². The van der Waals surface area contributed by atoms with E-state index in [4.69, 9.17) is 0 Å². The zero-order valence-corrected chi connectivity index (χ0v) is 11.8. The Morgan fingerprint density at radius 1 is 1.33 bits per heavy atom. The maximum atomic E-state index is 12.0. The first-order valence-corrected chi connectivity index (χ1v) is 7.71. The zero-order valence-electron chi connectivity index (χ0n) is 11.0. The molecule has 7 heteroatoms. The van der Waals surface area contributed by atoms with E-state index in [2.05, 4.69) is 11.5 Å². The molecular weight excluding hydrogens is 254 g/mol. The van der Waals surface area contributed by atoms with Gasteiger partial charge in [-0.2, -0.15) is 4.31 Å². The molecule has 0 aromatic heterocycles. The van der Waals surface area contributed by atoms with E-state index in [1.165, 1.54) is 6.08 Å². The minimum atomic E-state index is -3.37. The lowest BCUT2D eigenvalue weighted by Crippen LogP contribution is -2.50. The van der Waals surface area contributed by atoms with Crippen LogP contribution in [0, 0.1) is 0 Å². The van der Waals surface area contributed by atoms with Crippen LogP contribution < -0.4 is 0 Å². The number of nitrogens with zero attached hydrogens (tertiary/aromatic N) is 3. The fourth-order valence-electron chi connectivity index (χ4n) is 1.77. The molecule has 1 fully saturated rings. The fraction of sp³-hybridized carbons (Fsp3) is 0.727. The first-order valence-electron chi connectivity index (χ1n) is 5.87. The van der Waals surface area contributed by atoms with Crippen molar-refractivity contribution in [2.24, 2.45) is 0 Å². The van der Waals surface area contributed by atoms with Crippen molar-refractivity contribution >= 4 is 15.9 Å². The molecular formula is C11H21N3O3S. The number of piperazine rings is 1. The van der Waals surface area contributed by atoms with Gasteiger partial charge in [0.25, 0.3) is 0 Å². The summed E-state index contributed by atoms with van der Waals surface area (Å²) in [6.45, 7) is 6.53. The number of likely N-dealkylation sites (N-methyl/N-ethyl adjacent to an activating group) is 1. The highest BCUT2D eigenvalue weighted by atomic mass is 32.2. The molecule has 1 rings (SSSR count). The van der Waals surface area contributed by atoms with Gasteiger partial charge in [0, 0.05) is 32.7 Å². The molecule has 104 valence electrons. The maximum absolute atomic E-state index is 12.0. The largest absolute Gasteiger partial charge is 0.339 e. The molecule has 0 spiro atoms. The molecule has 0 bridgehead atoms. The van der Waals surface area contributed by atoms with Gasteiger partial charge in [-0.1, -0.05) is 6.08 Å². The second-order valence-corrected chi connectivity index (χ2v) is 6.51. The van der Waals surface area contributed by atoms with E-state index in [9.17, 15) is 13.2 Å². The highest BCUT2D eigenvalue weighted by Gasteiger charge is 2.24. The lowest BCUT2D eigenvalue weighted by atomic mass is 10.3. The Kier molecular flexibility index (Phi) is 5.30. The molecule has 1 amide bonds. The molecule has 0 N–H and O–H groups in total. The van der Waals surface area contributed by atoms with Gasteiger partial charge in [-0.3, -0.25) is 4.79 Å². The smallest absolute Gasteiger partial charge is 0.237 e. The molecule has 1 aliphatic rings. The Morgan fingerprint density at radius 2 is 1.89 bits per heavy atom. The zero-order chi connectivity index (χ0) is 13.8. The van der Waals surface area contributed by atoms with Crippen molar-refractivity contribution in [2.75, 3.05) is 52.6 Å². The standard InChI is InChI=1S/C11H21N3O3S/c1-4-5-14(18(3,16)17)10-11(15)13-8-6-12(2)7-9-13/h4H,1,5-10H2,2-3H3. The highest BCUT2D eigenvalue weighted by molar-refractivity contribution is 7.88. The molecule has 1 heterocycles. The summed E-state index contributed by atoms with van der Waals surface area (Å²) in [6.07, 6.45) is 2.59. The second kappa shape index (κ2) is 6.31. The highest BCUT2D eigenvalue weighted by Crippen LogP contribution is 2.04. The SMILES string of the molecule is C=CCN(CC(=O)N1CCN(C)CC1)S(C)(=O)=O. The monoisotopic (exact) mass is 275 g/mol. The van der Waals surface area contributed by atoms with Crippen LogP contribution >= 0.6 is 0 Å². The molecule has 1 aliphatic heterocycles. The lowest BCUT2D eigenvalue weighted by molar-refractivity contribution is -0.132. The summed E-state index contributed by atoms with van der Waals surface area (Å²) in [4.78, 5) is 15.9. The minimum absolute atomic E-state index is 0.103. The van der Waals surface area contributed by atoms with Crippen molar-refractivity contribution in [3.63, 3.8) is 0 Å². The second-order valence-electron chi connectivity index (χ2n) is 4.53. The van der Waals surface area contributed by atoms with Crippen LogP contribution in [0.15, 0.2) is 12.7 Å². The quantitative estimate of drug-likeness (QED) is 0.617. The number of carbonyl (C=O) groups excluding carboxylic acids is 1. The van der Waals surface area contributed by atoms with Crippen molar-refractivity contribution in [3.05, 3.63) is 12.7 Å². The van der Waals surface area contributed by atoms with Crippen molar-refractivity contribution in [1.29, 1.82) is 0 Å². The third-order valence-electron chi connectivity index (χ3n) is 2.97. The molecule has 0 aromatic carbocycles. The molecule has 0 aromatic rings. The molecule has 0 saturated carbocycles. The number of carbonyl (C=O) groups is 1. The van der Waals surface area contributed by atoms with Gasteiger partial charge in [0.15, 0.2) is 0 Å². The Labute approximate surface area is 109 Å². The molecule has 0 unspecified atom stereocenters. The van der Waals surface area contributed by atoms with Crippen LogP contribution in [0.1, 0.15) is 0 Å². The molecule has 6 nitrogen and oxygen atoms in total. The van der Waals surface area contributed by atoms with Crippen LogP contribution in [-0.2, 0) is 14.8 Å². The Bertz CT molecular complexity index is 400. The van der Waals surface area contributed by atoms with Gasteiger partial charge >= 0.3 is 0 Å². The minimum Gasteiger partial charge on any atom is -0.339 e. The van der Waals surface area contributed by atoms with E-state index in [1.807, 2.05) is 7.05 Å². The number of rotatable bonds is 5. The lowest BCUT2D eigenvalue weighted by Gasteiger charge is -2.33. The van der Waals surface area contributed by atoms with Gasteiger partial charge in [0.1, 0.15) is 0 Å². The summed E-state index contributed by atoms with van der Waals surface area (Å²) < 4.78 is 24.1. The van der Waals surface area contributed by atoms with Crippen LogP contribution in [-0.4, -0.2) is 81.0 Å². The number of sulfonamides is 1. The van der Waals surface area contributed by atoms with Gasteiger partial charge in [0.2, 0.25) is 15.9 Å². The summed E-state index contributed by atoms with van der Waals surface area (Å²) >= 11 is 0. The van der Waals surface area contributed by atoms with Crippen LogP contribution in [0.5, 0.6) is 0 Å². The normalized spacial score (nSPS) is 18.1. The number of hydrogen-bond donors (Lipinski definition) is 0. The van der Waals surface area contributed by atoms with Crippen molar-refractivity contribution in [3.8, 4) is 0 Å². The van der Waals surface area contributed by atoms with Crippen molar-refractivity contribution in [2.45, 2.75) is 0 Å². The Balaban J connectivity index is 2.59. The van der Waals surface area contributed by atoms with Gasteiger partial charge in [0.05, 0.1) is 12.8 Å². The third kappa shape index (κ3) is 4.40. The molecule has 18 heavy (non-hydrogen) atoms. The van der Waals surface area contributed by atoms with Gasteiger partial charge in [-0.25, -0.2) is 8.42 Å². The van der Waals surface area contributed by atoms with E-state index in [-0.39, 0.29) is 19.0 Å². The predicted molar refractivity (Wildman–Crippen MR) is 70.7 cm³/mol. The summed E-state index contributed by atoms with van der Waals surface area (Å²) in [5.41, 5.74) is 0. The summed E-state index contributed by atoms with van der Waals surface area (Å²) in [5.74, 6) is -0.143. The number of hydrogen-bond acceptors (Lipinski definition) is 4. The van der Waals surface area contributed by atoms with Gasteiger partial charge in [-0.15, -0.1) is 6.58 Å². The van der Waals surface area contributed by atoms with Crippen molar-refractivity contribution in [1.82, 2.24) is 14.1 Å². The predicted octanol–water partition coefficient (Wildman–Crippen LogP) is -0.792. The van der Waals surface area contributed by atoms with E-state index in [0.29, 0.717) is 13.1 Å². The molecule has 1 saturated heterocycles. The maximum Gasteiger partial charge on any atom is 0.237 e. The van der Waals surface area contributed by atoms with Crippen LogP contribution in [0.4, 0.5) is 0 Å². The van der Waals surface area contributed by atoms with E-state index >= 15 is 0 Å². The van der Waals surface area contributed by atoms with Gasteiger partial charge in [-0.05, 0) is 7.05 Å². The molecule has 0 aliphatic carbocycles. The number of amides is 1. The van der Waals surface area contributed by atoms with Crippen LogP contribution in [0.3, 0.4) is 0 Å². The third-order valence-corrected chi connectivity index (χ3v) is 4.19.